The SMILES string of the molecule is CCC(Nc1ccc(C(F)(F)F)cc1)OC(C)=O. The van der Waals surface area contributed by atoms with Crippen molar-refractivity contribution in [1.29, 1.82) is 0 Å². The first-order chi connectivity index (χ1) is 8.32. The van der Waals surface area contributed by atoms with Gasteiger partial charge in [0, 0.05) is 19.0 Å². The summed E-state index contributed by atoms with van der Waals surface area (Å²) >= 11 is 0. The van der Waals surface area contributed by atoms with Gasteiger partial charge in [0.1, 0.15) is 0 Å². The van der Waals surface area contributed by atoms with Crippen LogP contribution in [-0.2, 0) is 15.7 Å². The van der Waals surface area contributed by atoms with Crippen molar-refractivity contribution in [2.24, 2.45) is 0 Å². The topological polar surface area (TPSA) is 38.3 Å². The molecule has 1 rings (SSSR count). The highest BCUT2D eigenvalue weighted by atomic mass is 19.4. The maximum Gasteiger partial charge on any atom is 0.416 e. The zero-order valence-electron chi connectivity index (χ0n) is 10.0. The van der Waals surface area contributed by atoms with Crippen LogP contribution in [0.25, 0.3) is 0 Å². The zero-order chi connectivity index (χ0) is 13.8. The Morgan fingerprint density at radius 3 is 2.28 bits per heavy atom. The lowest BCUT2D eigenvalue weighted by Gasteiger charge is -2.18. The molecule has 100 valence electrons. The molecule has 0 aromatic heterocycles. The Hall–Kier alpha value is -1.72. The highest BCUT2D eigenvalue weighted by Gasteiger charge is 2.29. The number of alkyl halides is 3. The predicted molar refractivity (Wildman–Crippen MR) is 60.9 cm³/mol. The van der Waals surface area contributed by atoms with Gasteiger partial charge in [0.2, 0.25) is 0 Å². The van der Waals surface area contributed by atoms with Gasteiger partial charge >= 0.3 is 12.1 Å². The number of rotatable bonds is 4. The number of carbonyl (C=O) groups excluding carboxylic acids is 1. The van der Waals surface area contributed by atoms with Crippen LogP contribution in [0, 0.1) is 0 Å². The molecule has 0 bridgehead atoms. The monoisotopic (exact) mass is 261 g/mol. The molecular formula is C12H14F3NO2. The molecule has 0 aliphatic heterocycles. The minimum absolute atomic E-state index is 0.443. The lowest BCUT2D eigenvalue weighted by molar-refractivity contribution is -0.145. The number of nitrogens with one attached hydrogen (secondary N) is 1. The number of carbonyl (C=O) groups is 1. The van der Waals surface area contributed by atoms with Crippen molar-refractivity contribution in [3.63, 3.8) is 0 Å². The number of ether oxygens (including phenoxy) is 1. The Kier molecular flexibility index (Phi) is 4.58. The second-order valence-corrected chi connectivity index (χ2v) is 3.73. The van der Waals surface area contributed by atoms with Crippen molar-refractivity contribution < 1.29 is 22.7 Å². The van der Waals surface area contributed by atoms with E-state index in [4.69, 9.17) is 4.74 Å². The van der Waals surface area contributed by atoms with Gasteiger partial charge in [-0.05, 0) is 24.3 Å². The number of anilines is 1. The van der Waals surface area contributed by atoms with E-state index in [1.165, 1.54) is 19.1 Å². The fourth-order valence-corrected chi connectivity index (χ4v) is 1.36. The summed E-state index contributed by atoms with van der Waals surface area (Å²) in [5.74, 6) is -0.443. The van der Waals surface area contributed by atoms with Crippen LogP contribution in [0.4, 0.5) is 18.9 Å². The van der Waals surface area contributed by atoms with Gasteiger partial charge in [-0.2, -0.15) is 13.2 Å². The molecule has 0 heterocycles. The van der Waals surface area contributed by atoms with Gasteiger partial charge < -0.3 is 10.1 Å². The maximum absolute atomic E-state index is 12.3. The van der Waals surface area contributed by atoms with E-state index in [0.717, 1.165) is 12.1 Å². The third-order valence-corrected chi connectivity index (χ3v) is 2.22. The lowest BCUT2D eigenvalue weighted by atomic mass is 10.2. The second-order valence-electron chi connectivity index (χ2n) is 3.73. The highest BCUT2D eigenvalue weighted by Crippen LogP contribution is 2.29. The number of esters is 1. The fourth-order valence-electron chi connectivity index (χ4n) is 1.36. The lowest BCUT2D eigenvalue weighted by Crippen LogP contribution is -2.24. The van der Waals surface area contributed by atoms with Gasteiger partial charge in [0.15, 0.2) is 6.23 Å². The summed E-state index contributed by atoms with van der Waals surface area (Å²) in [6.45, 7) is 3.07. The number of benzene rings is 1. The van der Waals surface area contributed by atoms with Gasteiger partial charge in [-0.15, -0.1) is 0 Å². The minimum atomic E-state index is -4.35. The van der Waals surface area contributed by atoms with Crippen molar-refractivity contribution in [3.8, 4) is 0 Å². The van der Waals surface area contributed by atoms with Crippen molar-refractivity contribution in [2.45, 2.75) is 32.7 Å². The molecule has 0 spiro atoms. The molecule has 1 aromatic rings. The molecule has 0 saturated heterocycles. The molecule has 3 nitrogen and oxygen atoms in total. The minimum Gasteiger partial charge on any atom is -0.442 e. The average Bonchev–Trinajstić information content (AvgIpc) is 2.27. The van der Waals surface area contributed by atoms with Crippen LogP contribution in [0.5, 0.6) is 0 Å². The van der Waals surface area contributed by atoms with E-state index in [-0.39, 0.29) is 0 Å². The van der Waals surface area contributed by atoms with Crippen LogP contribution in [0.2, 0.25) is 0 Å². The zero-order valence-corrected chi connectivity index (χ0v) is 10.0. The number of hydrogen-bond donors (Lipinski definition) is 1. The molecule has 1 atom stereocenters. The van der Waals surface area contributed by atoms with Gasteiger partial charge in [-0.3, -0.25) is 4.79 Å². The van der Waals surface area contributed by atoms with Crippen molar-refractivity contribution in [1.82, 2.24) is 0 Å². The molecule has 0 saturated carbocycles. The standard InChI is InChI=1S/C12H14F3NO2/c1-3-11(18-8(2)17)16-10-6-4-9(5-7-10)12(13,14)15/h4-7,11,16H,3H2,1-2H3. The molecule has 18 heavy (non-hydrogen) atoms. The van der Waals surface area contributed by atoms with Gasteiger partial charge in [0.25, 0.3) is 0 Å². The Bertz CT molecular complexity index is 401. The average molecular weight is 261 g/mol. The summed E-state index contributed by atoms with van der Waals surface area (Å²) in [6, 6.07) is 4.55. The van der Waals surface area contributed by atoms with Crippen molar-refractivity contribution in [2.75, 3.05) is 5.32 Å². The van der Waals surface area contributed by atoms with E-state index >= 15 is 0 Å². The maximum atomic E-state index is 12.3. The number of hydrogen-bond acceptors (Lipinski definition) is 3. The Balaban J connectivity index is 2.71. The molecule has 0 radical (unpaired) electrons. The predicted octanol–water partition coefficient (Wildman–Crippen LogP) is 3.42. The quantitative estimate of drug-likeness (QED) is 0.666. The normalized spacial score (nSPS) is 12.9. The Labute approximate surface area is 103 Å². The van der Waals surface area contributed by atoms with Gasteiger partial charge in [-0.25, -0.2) is 0 Å². The van der Waals surface area contributed by atoms with Crippen LogP contribution in [0.1, 0.15) is 25.8 Å². The fraction of sp³-hybridized carbons (Fsp3) is 0.417. The summed E-state index contributed by atoms with van der Waals surface area (Å²) in [5, 5.41) is 2.83. The summed E-state index contributed by atoms with van der Waals surface area (Å²) < 4.78 is 41.9. The van der Waals surface area contributed by atoms with Crippen LogP contribution < -0.4 is 5.32 Å². The molecule has 1 unspecified atom stereocenters. The van der Waals surface area contributed by atoms with Crippen LogP contribution in [0.15, 0.2) is 24.3 Å². The smallest absolute Gasteiger partial charge is 0.416 e. The van der Waals surface area contributed by atoms with Crippen LogP contribution >= 0.6 is 0 Å². The molecule has 0 amide bonds. The van der Waals surface area contributed by atoms with E-state index in [2.05, 4.69) is 5.32 Å². The largest absolute Gasteiger partial charge is 0.442 e. The molecule has 1 aromatic carbocycles. The first kappa shape index (κ1) is 14.3. The van der Waals surface area contributed by atoms with Crippen molar-refractivity contribution >= 4 is 11.7 Å². The molecule has 0 fully saturated rings. The molecule has 6 heteroatoms. The van der Waals surface area contributed by atoms with E-state index in [9.17, 15) is 18.0 Å². The summed E-state index contributed by atoms with van der Waals surface area (Å²) in [5.41, 5.74) is -0.246. The van der Waals surface area contributed by atoms with E-state index in [1.54, 1.807) is 6.92 Å². The first-order valence-corrected chi connectivity index (χ1v) is 5.44. The Morgan fingerprint density at radius 1 is 1.33 bits per heavy atom. The third-order valence-electron chi connectivity index (χ3n) is 2.22. The van der Waals surface area contributed by atoms with E-state index in [1.807, 2.05) is 0 Å². The Morgan fingerprint density at radius 2 is 1.89 bits per heavy atom. The van der Waals surface area contributed by atoms with E-state index in [0.29, 0.717) is 12.1 Å². The molecule has 1 N–H and O–H groups in total. The second kappa shape index (κ2) is 5.75. The molecule has 0 aliphatic rings. The third kappa shape index (κ3) is 4.27. The van der Waals surface area contributed by atoms with Gasteiger partial charge in [0.05, 0.1) is 5.56 Å². The van der Waals surface area contributed by atoms with Crippen LogP contribution in [-0.4, -0.2) is 12.2 Å². The summed E-state index contributed by atoms with van der Waals surface area (Å²) in [4.78, 5) is 10.8. The number of halogens is 3. The van der Waals surface area contributed by atoms with E-state index < -0.39 is 23.9 Å². The molecule has 0 aliphatic carbocycles. The first-order valence-electron chi connectivity index (χ1n) is 5.44. The highest BCUT2D eigenvalue weighted by molar-refractivity contribution is 5.66. The van der Waals surface area contributed by atoms with Crippen molar-refractivity contribution in [3.05, 3.63) is 29.8 Å². The van der Waals surface area contributed by atoms with Crippen LogP contribution in [0.3, 0.4) is 0 Å². The summed E-state index contributed by atoms with van der Waals surface area (Å²) in [6.07, 6.45) is -4.38. The summed E-state index contributed by atoms with van der Waals surface area (Å²) in [7, 11) is 0. The van der Waals surface area contributed by atoms with Gasteiger partial charge in [-0.1, -0.05) is 6.92 Å². The molecular weight excluding hydrogens is 247 g/mol.